The summed E-state index contributed by atoms with van der Waals surface area (Å²) in [4.78, 5) is 31.8. The summed E-state index contributed by atoms with van der Waals surface area (Å²) in [5.74, 6) is 0.623. The molecule has 0 bridgehead atoms. The van der Waals surface area contributed by atoms with Crippen LogP contribution >= 0.6 is 0 Å². The van der Waals surface area contributed by atoms with E-state index in [1.807, 2.05) is 36.9 Å². The Hall–Kier alpha value is -2.96. The van der Waals surface area contributed by atoms with Gasteiger partial charge in [-0.15, -0.1) is 0 Å². The molecule has 7 heteroatoms. The van der Waals surface area contributed by atoms with Gasteiger partial charge in [0.1, 0.15) is 18.3 Å². The normalized spacial score (nSPS) is 15.3. The minimum Gasteiger partial charge on any atom is -0.341 e. The SMILES string of the molecule is Cc1cccc(-n2ncc3c(=O)n(CC(=O)N4CCC(C)CC4)cnc32)c1C. The van der Waals surface area contributed by atoms with Gasteiger partial charge < -0.3 is 4.90 Å². The fourth-order valence-electron chi connectivity index (χ4n) is 3.71. The minimum atomic E-state index is -0.236. The zero-order chi connectivity index (χ0) is 19.8. The highest BCUT2D eigenvalue weighted by Gasteiger charge is 2.21. The number of fused-ring (bicyclic) bond motifs is 1. The van der Waals surface area contributed by atoms with Crippen LogP contribution in [0.4, 0.5) is 0 Å². The average molecular weight is 379 g/mol. The fraction of sp³-hybridized carbons (Fsp3) is 0.429. The van der Waals surface area contributed by atoms with Crippen LogP contribution in [-0.2, 0) is 11.3 Å². The van der Waals surface area contributed by atoms with Gasteiger partial charge in [-0.1, -0.05) is 19.1 Å². The molecule has 0 spiro atoms. The van der Waals surface area contributed by atoms with Crippen molar-refractivity contribution in [3.05, 3.63) is 52.2 Å². The lowest BCUT2D eigenvalue weighted by Crippen LogP contribution is -2.41. The van der Waals surface area contributed by atoms with Crippen LogP contribution in [0.2, 0.25) is 0 Å². The van der Waals surface area contributed by atoms with Gasteiger partial charge in [-0.25, -0.2) is 9.67 Å². The van der Waals surface area contributed by atoms with Crippen LogP contribution in [0.25, 0.3) is 16.7 Å². The second-order valence-electron chi connectivity index (χ2n) is 7.75. The van der Waals surface area contributed by atoms with Gasteiger partial charge in [0.15, 0.2) is 5.65 Å². The highest BCUT2D eigenvalue weighted by atomic mass is 16.2. The summed E-state index contributed by atoms with van der Waals surface area (Å²) in [6, 6.07) is 5.96. The lowest BCUT2D eigenvalue weighted by Gasteiger charge is -2.30. The summed E-state index contributed by atoms with van der Waals surface area (Å²) in [6.07, 6.45) is 5.02. The van der Waals surface area contributed by atoms with Gasteiger partial charge in [0, 0.05) is 13.1 Å². The van der Waals surface area contributed by atoms with Crippen molar-refractivity contribution in [3.63, 3.8) is 0 Å². The highest BCUT2D eigenvalue weighted by Crippen LogP contribution is 2.20. The van der Waals surface area contributed by atoms with Gasteiger partial charge in [-0.2, -0.15) is 5.10 Å². The molecule has 1 amide bonds. The molecule has 0 N–H and O–H groups in total. The molecule has 2 aromatic heterocycles. The van der Waals surface area contributed by atoms with Crippen molar-refractivity contribution < 1.29 is 4.79 Å². The summed E-state index contributed by atoms with van der Waals surface area (Å²) in [5, 5.41) is 4.81. The van der Waals surface area contributed by atoms with Gasteiger partial charge in [0.25, 0.3) is 5.56 Å². The highest BCUT2D eigenvalue weighted by molar-refractivity contribution is 5.78. The van der Waals surface area contributed by atoms with E-state index in [2.05, 4.69) is 17.0 Å². The number of likely N-dealkylation sites (tertiary alicyclic amines) is 1. The van der Waals surface area contributed by atoms with Crippen LogP contribution in [0.15, 0.2) is 35.5 Å². The number of hydrogen-bond acceptors (Lipinski definition) is 4. The molecule has 1 aliphatic heterocycles. The molecule has 0 aliphatic carbocycles. The maximum Gasteiger partial charge on any atom is 0.264 e. The topological polar surface area (TPSA) is 73.0 Å². The number of aromatic nitrogens is 4. The number of amides is 1. The van der Waals surface area contributed by atoms with Crippen LogP contribution in [0.3, 0.4) is 0 Å². The molecule has 0 radical (unpaired) electrons. The summed E-state index contributed by atoms with van der Waals surface area (Å²) >= 11 is 0. The van der Waals surface area contributed by atoms with E-state index in [0.717, 1.165) is 42.7 Å². The maximum absolute atomic E-state index is 12.9. The first kappa shape index (κ1) is 18.4. The van der Waals surface area contributed by atoms with E-state index in [1.165, 1.54) is 17.1 Å². The smallest absolute Gasteiger partial charge is 0.264 e. The van der Waals surface area contributed by atoms with Crippen molar-refractivity contribution in [2.75, 3.05) is 13.1 Å². The lowest BCUT2D eigenvalue weighted by molar-refractivity contribution is -0.133. The Labute approximate surface area is 163 Å². The molecule has 0 saturated carbocycles. The predicted molar refractivity (Wildman–Crippen MR) is 108 cm³/mol. The van der Waals surface area contributed by atoms with Gasteiger partial charge in [0.05, 0.1) is 11.9 Å². The van der Waals surface area contributed by atoms with E-state index in [0.29, 0.717) is 17.0 Å². The first-order valence-corrected chi connectivity index (χ1v) is 9.73. The average Bonchev–Trinajstić information content (AvgIpc) is 3.11. The Kier molecular flexibility index (Phi) is 4.75. The lowest BCUT2D eigenvalue weighted by atomic mass is 9.99. The third-order valence-electron chi connectivity index (χ3n) is 5.80. The van der Waals surface area contributed by atoms with Crippen LogP contribution < -0.4 is 5.56 Å². The van der Waals surface area contributed by atoms with Crippen molar-refractivity contribution in [2.45, 2.75) is 40.2 Å². The van der Waals surface area contributed by atoms with Crippen LogP contribution in [0.1, 0.15) is 30.9 Å². The second-order valence-corrected chi connectivity index (χ2v) is 7.75. The van der Waals surface area contributed by atoms with Crippen LogP contribution in [-0.4, -0.2) is 43.2 Å². The Morgan fingerprint density at radius 3 is 2.71 bits per heavy atom. The number of hydrogen-bond donors (Lipinski definition) is 0. The van der Waals surface area contributed by atoms with Crippen molar-refractivity contribution in [1.29, 1.82) is 0 Å². The largest absolute Gasteiger partial charge is 0.341 e. The fourth-order valence-corrected chi connectivity index (χ4v) is 3.71. The van der Waals surface area contributed by atoms with Gasteiger partial charge in [-0.3, -0.25) is 14.2 Å². The van der Waals surface area contributed by atoms with E-state index in [1.54, 1.807) is 4.68 Å². The first-order valence-electron chi connectivity index (χ1n) is 9.73. The number of benzene rings is 1. The summed E-state index contributed by atoms with van der Waals surface area (Å²) in [7, 11) is 0. The number of rotatable bonds is 3. The number of carbonyl (C=O) groups is 1. The number of piperidine rings is 1. The van der Waals surface area contributed by atoms with Crippen molar-refractivity contribution in [3.8, 4) is 5.69 Å². The third-order valence-corrected chi connectivity index (χ3v) is 5.80. The zero-order valence-electron chi connectivity index (χ0n) is 16.6. The van der Waals surface area contributed by atoms with E-state index >= 15 is 0 Å². The number of carbonyl (C=O) groups excluding carboxylic acids is 1. The van der Waals surface area contributed by atoms with Crippen LogP contribution in [0, 0.1) is 19.8 Å². The van der Waals surface area contributed by atoms with Crippen molar-refractivity contribution in [1.82, 2.24) is 24.2 Å². The third kappa shape index (κ3) is 3.21. The van der Waals surface area contributed by atoms with E-state index in [4.69, 9.17) is 0 Å². The molecule has 1 aliphatic rings. The molecule has 3 aromatic rings. The molecule has 7 nitrogen and oxygen atoms in total. The molecular formula is C21H25N5O2. The number of aryl methyl sites for hydroxylation is 1. The molecule has 146 valence electrons. The van der Waals surface area contributed by atoms with Crippen molar-refractivity contribution >= 4 is 16.9 Å². The van der Waals surface area contributed by atoms with E-state index in [-0.39, 0.29) is 18.0 Å². The van der Waals surface area contributed by atoms with E-state index in [9.17, 15) is 9.59 Å². The monoisotopic (exact) mass is 379 g/mol. The van der Waals surface area contributed by atoms with E-state index < -0.39 is 0 Å². The zero-order valence-corrected chi connectivity index (χ0v) is 16.6. The Morgan fingerprint density at radius 1 is 1.21 bits per heavy atom. The molecule has 0 unspecified atom stereocenters. The Balaban J connectivity index is 1.64. The summed E-state index contributed by atoms with van der Waals surface area (Å²) in [5.41, 5.74) is 3.41. The second kappa shape index (κ2) is 7.22. The Bertz CT molecular complexity index is 1090. The molecule has 28 heavy (non-hydrogen) atoms. The standard InChI is InChI=1S/C21H25N5O2/c1-14-7-9-24(10-8-14)19(27)12-25-13-22-20-17(21(25)28)11-23-26(20)18-6-4-5-15(2)16(18)3/h4-6,11,13-14H,7-10,12H2,1-3H3. The molecule has 1 fully saturated rings. The molecule has 3 heterocycles. The van der Waals surface area contributed by atoms with Gasteiger partial charge >= 0.3 is 0 Å². The van der Waals surface area contributed by atoms with Crippen LogP contribution in [0.5, 0.6) is 0 Å². The Morgan fingerprint density at radius 2 is 1.96 bits per heavy atom. The summed E-state index contributed by atoms with van der Waals surface area (Å²) in [6.45, 7) is 7.81. The molecule has 0 atom stereocenters. The number of nitrogens with zero attached hydrogens (tertiary/aromatic N) is 5. The molecule has 4 rings (SSSR count). The minimum absolute atomic E-state index is 0.0187. The molecular weight excluding hydrogens is 354 g/mol. The van der Waals surface area contributed by atoms with Gasteiger partial charge in [0.2, 0.25) is 5.91 Å². The quantitative estimate of drug-likeness (QED) is 0.701. The maximum atomic E-state index is 12.9. The summed E-state index contributed by atoms with van der Waals surface area (Å²) < 4.78 is 3.08. The predicted octanol–water partition coefficient (Wildman–Crippen LogP) is 2.46. The first-order chi connectivity index (χ1) is 13.5. The molecule has 1 aromatic carbocycles. The molecule has 1 saturated heterocycles. The van der Waals surface area contributed by atoms with Crippen molar-refractivity contribution in [2.24, 2.45) is 5.92 Å². The van der Waals surface area contributed by atoms with Gasteiger partial charge in [-0.05, 0) is 49.8 Å².